The van der Waals surface area contributed by atoms with Gasteiger partial charge < -0.3 is 5.73 Å². The fourth-order valence-electron chi connectivity index (χ4n) is 2.97. The summed E-state index contributed by atoms with van der Waals surface area (Å²) in [6.45, 7) is 2.68. The van der Waals surface area contributed by atoms with Crippen molar-refractivity contribution in [3.63, 3.8) is 0 Å². The summed E-state index contributed by atoms with van der Waals surface area (Å²) in [6, 6.07) is 16.7. The van der Waals surface area contributed by atoms with Gasteiger partial charge in [0.25, 0.3) is 0 Å². The highest BCUT2D eigenvalue weighted by atomic mass is 32.2. The average Bonchev–Trinajstić information content (AvgIpc) is 2.91. The Bertz CT molecular complexity index is 759. The second-order valence-corrected chi connectivity index (χ2v) is 7.76. The molecule has 1 saturated heterocycles. The third kappa shape index (κ3) is 2.79. The highest BCUT2D eigenvalue weighted by molar-refractivity contribution is 7.89. The second-order valence-electron chi connectivity index (χ2n) is 5.82. The summed E-state index contributed by atoms with van der Waals surface area (Å²) in [4.78, 5) is 0.341. The highest BCUT2D eigenvalue weighted by Crippen LogP contribution is 2.30. The van der Waals surface area contributed by atoms with Crippen LogP contribution in [0, 0.1) is 6.92 Å². The lowest BCUT2D eigenvalue weighted by Crippen LogP contribution is -2.32. The maximum absolute atomic E-state index is 12.8. The van der Waals surface area contributed by atoms with Crippen LogP contribution in [0.1, 0.15) is 17.0 Å². The molecule has 3 rings (SSSR count). The summed E-state index contributed by atoms with van der Waals surface area (Å²) in [7, 11) is -3.48. The first-order valence-electron chi connectivity index (χ1n) is 7.36. The molecular weight excluding hydrogens is 296 g/mol. The van der Waals surface area contributed by atoms with E-state index in [-0.39, 0.29) is 12.0 Å². The van der Waals surface area contributed by atoms with Crippen LogP contribution in [0.4, 0.5) is 0 Å². The Morgan fingerprint density at radius 1 is 1.05 bits per heavy atom. The van der Waals surface area contributed by atoms with Crippen molar-refractivity contribution in [2.75, 3.05) is 13.1 Å². The molecular formula is C17H20N2O2S. The van der Waals surface area contributed by atoms with E-state index in [0.29, 0.717) is 18.0 Å². The molecule has 5 heteroatoms. The van der Waals surface area contributed by atoms with Gasteiger partial charge in [0.05, 0.1) is 4.90 Å². The minimum atomic E-state index is -3.48. The lowest BCUT2D eigenvalue weighted by Gasteiger charge is -2.17. The molecule has 0 saturated carbocycles. The minimum Gasteiger partial charge on any atom is -0.326 e. The molecule has 2 aromatic rings. The molecule has 2 atom stereocenters. The van der Waals surface area contributed by atoms with Crippen LogP contribution in [0.2, 0.25) is 0 Å². The zero-order valence-corrected chi connectivity index (χ0v) is 13.3. The van der Waals surface area contributed by atoms with Crippen LogP contribution in [0.3, 0.4) is 0 Å². The Morgan fingerprint density at radius 2 is 1.77 bits per heavy atom. The van der Waals surface area contributed by atoms with E-state index in [4.69, 9.17) is 5.73 Å². The molecule has 0 radical (unpaired) electrons. The molecule has 4 nitrogen and oxygen atoms in total. The van der Waals surface area contributed by atoms with Crippen LogP contribution < -0.4 is 5.73 Å². The summed E-state index contributed by atoms with van der Waals surface area (Å²) in [5.41, 5.74) is 8.23. The molecule has 1 fully saturated rings. The topological polar surface area (TPSA) is 63.4 Å². The van der Waals surface area contributed by atoms with Gasteiger partial charge in [0, 0.05) is 25.0 Å². The number of benzene rings is 2. The van der Waals surface area contributed by atoms with Crippen LogP contribution in [0.15, 0.2) is 59.5 Å². The van der Waals surface area contributed by atoms with Crippen molar-refractivity contribution in [2.45, 2.75) is 23.8 Å². The number of aryl methyl sites for hydroxylation is 1. The van der Waals surface area contributed by atoms with Gasteiger partial charge in [0.1, 0.15) is 0 Å². The molecule has 2 N–H and O–H groups in total. The van der Waals surface area contributed by atoms with Crippen molar-refractivity contribution >= 4 is 10.0 Å². The SMILES string of the molecule is Cc1cccc(S(=O)(=O)N2C[C@@H](N)[C@H](c3ccccc3)C2)c1. The van der Waals surface area contributed by atoms with Crippen LogP contribution in [-0.4, -0.2) is 31.9 Å². The summed E-state index contributed by atoms with van der Waals surface area (Å²) in [5.74, 6) is 0.0424. The van der Waals surface area contributed by atoms with Crippen molar-refractivity contribution in [2.24, 2.45) is 5.73 Å². The zero-order chi connectivity index (χ0) is 15.7. The standard InChI is InChI=1S/C17H20N2O2S/c1-13-6-5-9-15(10-13)22(20,21)19-11-16(17(18)12-19)14-7-3-2-4-8-14/h2-10,16-17H,11-12,18H2,1H3/t16-,17+/m0/s1. The fourth-order valence-corrected chi connectivity index (χ4v) is 4.57. The number of nitrogens with two attached hydrogens (primary N) is 1. The number of hydrogen-bond donors (Lipinski definition) is 1. The Kier molecular flexibility index (Phi) is 4.04. The largest absolute Gasteiger partial charge is 0.326 e. The molecule has 0 spiro atoms. The molecule has 1 aliphatic rings. The number of nitrogens with zero attached hydrogens (tertiary/aromatic N) is 1. The smallest absolute Gasteiger partial charge is 0.243 e. The van der Waals surface area contributed by atoms with Crippen molar-refractivity contribution in [3.8, 4) is 0 Å². The number of rotatable bonds is 3. The predicted molar refractivity (Wildman–Crippen MR) is 87.1 cm³/mol. The van der Waals surface area contributed by atoms with E-state index in [2.05, 4.69) is 0 Å². The van der Waals surface area contributed by atoms with E-state index in [0.717, 1.165) is 11.1 Å². The van der Waals surface area contributed by atoms with Gasteiger partial charge in [-0.3, -0.25) is 0 Å². The minimum absolute atomic E-state index is 0.0424. The Balaban J connectivity index is 1.88. The maximum Gasteiger partial charge on any atom is 0.243 e. The quantitative estimate of drug-likeness (QED) is 0.943. The first-order valence-corrected chi connectivity index (χ1v) is 8.80. The van der Waals surface area contributed by atoms with E-state index in [9.17, 15) is 8.42 Å². The van der Waals surface area contributed by atoms with Gasteiger partial charge >= 0.3 is 0 Å². The van der Waals surface area contributed by atoms with E-state index in [1.807, 2.05) is 43.3 Å². The lowest BCUT2D eigenvalue weighted by atomic mass is 9.95. The molecule has 22 heavy (non-hydrogen) atoms. The number of sulfonamides is 1. The van der Waals surface area contributed by atoms with Gasteiger partial charge in [0.15, 0.2) is 0 Å². The molecule has 0 aliphatic carbocycles. The van der Waals surface area contributed by atoms with Crippen LogP contribution in [-0.2, 0) is 10.0 Å². The zero-order valence-electron chi connectivity index (χ0n) is 12.5. The molecule has 2 aromatic carbocycles. The Labute approximate surface area is 131 Å². The summed E-state index contributed by atoms with van der Waals surface area (Å²) in [5, 5.41) is 0. The van der Waals surface area contributed by atoms with Gasteiger partial charge in [-0.05, 0) is 30.2 Å². The molecule has 0 bridgehead atoms. The maximum atomic E-state index is 12.8. The first kappa shape index (κ1) is 15.2. The molecule has 0 unspecified atom stereocenters. The van der Waals surface area contributed by atoms with Gasteiger partial charge in [-0.1, -0.05) is 42.5 Å². The van der Waals surface area contributed by atoms with Crippen molar-refractivity contribution < 1.29 is 8.42 Å². The fraction of sp³-hybridized carbons (Fsp3) is 0.294. The highest BCUT2D eigenvalue weighted by Gasteiger charge is 2.38. The predicted octanol–water partition coefficient (Wildman–Crippen LogP) is 2.11. The van der Waals surface area contributed by atoms with Crippen LogP contribution in [0.5, 0.6) is 0 Å². The summed E-state index contributed by atoms with van der Waals surface area (Å²) in [6.07, 6.45) is 0. The van der Waals surface area contributed by atoms with Gasteiger partial charge in [0.2, 0.25) is 10.0 Å². The van der Waals surface area contributed by atoms with E-state index in [1.165, 1.54) is 4.31 Å². The molecule has 1 aliphatic heterocycles. The van der Waals surface area contributed by atoms with Crippen molar-refractivity contribution in [1.29, 1.82) is 0 Å². The van der Waals surface area contributed by atoms with E-state index < -0.39 is 10.0 Å². The lowest BCUT2D eigenvalue weighted by molar-refractivity contribution is 0.470. The third-order valence-electron chi connectivity index (χ3n) is 4.19. The van der Waals surface area contributed by atoms with Crippen LogP contribution in [0.25, 0.3) is 0 Å². The van der Waals surface area contributed by atoms with Gasteiger partial charge in [-0.2, -0.15) is 4.31 Å². The average molecular weight is 316 g/mol. The Hall–Kier alpha value is -1.69. The molecule has 1 heterocycles. The van der Waals surface area contributed by atoms with E-state index in [1.54, 1.807) is 18.2 Å². The van der Waals surface area contributed by atoms with Gasteiger partial charge in [-0.25, -0.2) is 8.42 Å². The monoisotopic (exact) mass is 316 g/mol. The first-order chi connectivity index (χ1) is 10.5. The third-order valence-corrected chi connectivity index (χ3v) is 6.01. The van der Waals surface area contributed by atoms with Gasteiger partial charge in [-0.15, -0.1) is 0 Å². The molecule has 0 amide bonds. The Morgan fingerprint density at radius 3 is 2.45 bits per heavy atom. The number of hydrogen-bond acceptors (Lipinski definition) is 3. The molecule has 116 valence electrons. The summed E-state index contributed by atoms with van der Waals surface area (Å²) >= 11 is 0. The molecule has 0 aromatic heterocycles. The normalized spacial score (nSPS) is 22.8. The van der Waals surface area contributed by atoms with Crippen molar-refractivity contribution in [3.05, 3.63) is 65.7 Å². The summed E-state index contributed by atoms with van der Waals surface area (Å²) < 4.78 is 27.1. The van der Waals surface area contributed by atoms with E-state index >= 15 is 0 Å². The second kappa shape index (κ2) is 5.83. The van der Waals surface area contributed by atoms with Crippen LogP contribution >= 0.6 is 0 Å². The van der Waals surface area contributed by atoms with Crippen molar-refractivity contribution in [1.82, 2.24) is 4.31 Å².